The van der Waals surface area contributed by atoms with E-state index in [1.54, 1.807) is 6.07 Å². The summed E-state index contributed by atoms with van der Waals surface area (Å²) in [7, 11) is 0. The van der Waals surface area contributed by atoms with Gasteiger partial charge in [-0.05, 0) is 18.2 Å². The van der Waals surface area contributed by atoms with Crippen LogP contribution in [-0.4, -0.2) is 11.0 Å². The standard InChI is InChI=1S/C11H10N2O2S/c12-9-6-7(2-1-3-10(14)16)4-5-8(9)11(13)15/h4-6H,3,12H2,(H2,13,15)(H,14,16). The van der Waals surface area contributed by atoms with Crippen LogP contribution < -0.4 is 11.5 Å². The highest BCUT2D eigenvalue weighted by atomic mass is 32.1. The van der Waals surface area contributed by atoms with Crippen LogP contribution in [0.5, 0.6) is 0 Å². The van der Waals surface area contributed by atoms with Gasteiger partial charge in [-0.1, -0.05) is 11.8 Å². The molecular weight excluding hydrogens is 224 g/mol. The fraction of sp³-hybridized carbons (Fsp3) is 0.0909. The molecule has 0 saturated heterocycles. The summed E-state index contributed by atoms with van der Waals surface area (Å²) in [5.41, 5.74) is 11.9. The maximum absolute atomic E-state index is 10.9. The van der Waals surface area contributed by atoms with Gasteiger partial charge in [0.1, 0.15) is 0 Å². The summed E-state index contributed by atoms with van der Waals surface area (Å²) in [5, 5.41) is -0.297. The molecule has 0 radical (unpaired) electrons. The largest absolute Gasteiger partial charge is 0.398 e. The number of hydrogen-bond acceptors (Lipinski definition) is 3. The van der Waals surface area contributed by atoms with Crippen molar-refractivity contribution in [2.24, 2.45) is 5.73 Å². The predicted octanol–water partition coefficient (Wildman–Crippen LogP) is 0.566. The van der Waals surface area contributed by atoms with Crippen molar-refractivity contribution >= 4 is 29.3 Å². The van der Waals surface area contributed by atoms with Gasteiger partial charge in [-0.15, -0.1) is 12.6 Å². The average Bonchev–Trinajstić information content (AvgIpc) is 2.16. The van der Waals surface area contributed by atoms with E-state index in [0.717, 1.165) is 0 Å². The Morgan fingerprint density at radius 1 is 1.38 bits per heavy atom. The third-order valence-corrected chi connectivity index (χ3v) is 1.95. The number of carbonyl (C=O) groups excluding carboxylic acids is 2. The Kier molecular flexibility index (Phi) is 3.97. The summed E-state index contributed by atoms with van der Waals surface area (Å²) in [4.78, 5) is 21.4. The Morgan fingerprint density at radius 2 is 2.06 bits per heavy atom. The van der Waals surface area contributed by atoms with Crippen molar-refractivity contribution in [2.75, 3.05) is 5.73 Å². The molecule has 16 heavy (non-hydrogen) atoms. The average molecular weight is 234 g/mol. The second-order valence-corrected chi connectivity index (χ2v) is 3.54. The fourth-order valence-electron chi connectivity index (χ4n) is 1.09. The summed E-state index contributed by atoms with van der Waals surface area (Å²) in [6, 6.07) is 4.66. The zero-order valence-electron chi connectivity index (χ0n) is 8.36. The fourth-order valence-corrected chi connectivity index (χ4v) is 1.17. The third kappa shape index (κ3) is 3.33. The number of thiol groups is 1. The van der Waals surface area contributed by atoms with Gasteiger partial charge in [0.2, 0.25) is 0 Å². The highest BCUT2D eigenvalue weighted by Crippen LogP contribution is 2.12. The summed E-state index contributed by atoms with van der Waals surface area (Å²) in [5.74, 6) is 4.78. The molecule has 0 spiro atoms. The highest BCUT2D eigenvalue weighted by molar-refractivity contribution is 7.96. The van der Waals surface area contributed by atoms with Gasteiger partial charge >= 0.3 is 0 Å². The molecule has 82 valence electrons. The van der Waals surface area contributed by atoms with Crippen molar-refractivity contribution in [2.45, 2.75) is 6.42 Å². The number of nitrogen functional groups attached to an aromatic ring is 1. The number of anilines is 1. The summed E-state index contributed by atoms with van der Waals surface area (Å²) < 4.78 is 0. The molecule has 1 aromatic rings. The summed E-state index contributed by atoms with van der Waals surface area (Å²) in [6.45, 7) is 0. The minimum absolute atomic E-state index is 0.0700. The molecule has 1 rings (SSSR count). The van der Waals surface area contributed by atoms with Gasteiger partial charge in [-0.3, -0.25) is 9.59 Å². The number of hydrogen-bond donors (Lipinski definition) is 3. The quantitative estimate of drug-likeness (QED) is 0.397. The topological polar surface area (TPSA) is 86.2 Å². The maximum atomic E-state index is 10.9. The van der Waals surface area contributed by atoms with Crippen LogP contribution in [0.15, 0.2) is 18.2 Å². The number of amides is 1. The number of benzene rings is 1. The van der Waals surface area contributed by atoms with E-state index in [0.29, 0.717) is 5.56 Å². The number of primary amides is 1. The van der Waals surface area contributed by atoms with Gasteiger partial charge in [-0.2, -0.15) is 0 Å². The Bertz CT molecular complexity index is 500. The van der Waals surface area contributed by atoms with Crippen molar-refractivity contribution in [3.05, 3.63) is 29.3 Å². The van der Waals surface area contributed by atoms with E-state index in [-0.39, 0.29) is 22.8 Å². The predicted molar refractivity (Wildman–Crippen MR) is 64.9 cm³/mol. The van der Waals surface area contributed by atoms with Gasteiger partial charge in [0.05, 0.1) is 12.0 Å². The van der Waals surface area contributed by atoms with E-state index in [9.17, 15) is 9.59 Å². The molecule has 0 heterocycles. The molecule has 0 aliphatic heterocycles. The van der Waals surface area contributed by atoms with Crippen molar-refractivity contribution < 1.29 is 9.59 Å². The SMILES string of the molecule is NC(=O)c1ccc(C#CCC(=O)S)cc1N. The highest BCUT2D eigenvalue weighted by Gasteiger charge is 2.04. The zero-order valence-corrected chi connectivity index (χ0v) is 9.25. The van der Waals surface area contributed by atoms with Crippen LogP contribution in [0.1, 0.15) is 22.3 Å². The van der Waals surface area contributed by atoms with Crippen molar-refractivity contribution in [3.8, 4) is 11.8 Å². The normalized spacial score (nSPS) is 9.06. The Hall–Kier alpha value is -1.93. The van der Waals surface area contributed by atoms with Crippen molar-refractivity contribution in [3.63, 3.8) is 0 Å². The Labute approximate surface area is 98.4 Å². The van der Waals surface area contributed by atoms with Crippen LogP contribution >= 0.6 is 12.6 Å². The number of nitrogens with two attached hydrogens (primary N) is 2. The molecule has 0 aromatic heterocycles. The van der Waals surface area contributed by atoms with Crippen molar-refractivity contribution in [1.29, 1.82) is 0 Å². The van der Waals surface area contributed by atoms with Crippen LogP contribution in [0.3, 0.4) is 0 Å². The molecule has 0 saturated carbocycles. The van der Waals surface area contributed by atoms with E-state index >= 15 is 0 Å². The lowest BCUT2D eigenvalue weighted by Gasteiger charge is -2.00. The summed E-state index contributed by atoms with van der Waals surface area (Å²) in [6.07, 6.45) is 0.0700. The van der Waals surface area contributed by atoms with E-state index in [2.05, 4.69) is 24.5 Å². The van der Waals surface area contributed by atoms with Gasteiger partial charge in [0, 0.05) is 11.3 Å². The molecule has 0 aliphatic rings. The molecule has 4 nitrogen and oxygen atoms in total. The third-order valence-electron chi connectivity index (χ3n) is 1.79. The first kappa shape index (κ1) is 12.1. The van der Waals surface area contributed by atoms with E-state index in [4.69, 9.17) is 11.5 Å². The minimum atomic E-state index is -0.581. The molecule has 1 aromatic carbocycles. The lowest BCUT2D eigenvalue weighted by Crippen LogP contribution is -2.13. The Balaban J connectivity index is 2.92. The molecular formula is C11H10N2O2S. The van der Waals surface area contributed by atoms with Gasteiger partial charge in [-0.25, -0.2) is 0 Å². The molecule has 0 bridgehead atoms. The van der Waals surface area contributed by atoms with Gasteiger partial charge in [0.15, 0.2) is 5.12 Å². The van der Waals surface area contributed by atoms with Crippen LogP contribution in [0.2, 0.25) is 0 Å². The van der Waals surface area contributed by atoms with Crippen LogP contribution in [-0.2, 0) is 4.79 Å². The second-order valence-electron chi connectivity index (χ2n) is 3.04. The zero-order chi connectivity index (χ0) is 12.1. The molecule has 1 amide bonds. The van der Waals surface area contributed by atoms with Crippen LogP contribution in [0.25, 0.3) is 0 Å². The van der Waals surface area contributed by atoms with Crippen molar-refractivity contribution in [1.82, 2.24) is 0 Å². The maximum Gasteiger partial charge on any atom is 0.250 e. The molecule has 0 atom stereocenters. The van der Waals surface area contributed by atoms with Crippen LogP contribution in [0.4, 0.5) is 5.69 Å². The van der Waals surface area contributed by atoms with Crippen LogP contribution in [0, 0.1) is 11.8 Å². The first-order valence-corrected chi connectivity index (χ1v) is 4.85. The molecule has 0 fully saturated rings. The first-order valence-electron chi connectivity index (χ1n) is 4.40. The minimum Gasteiger partial charge on any atom is -0.398 e. The molecule has 5 heteroatoms. The summed E-state index contributed by atoms with van der Waals surface area (Å²) >= 11 is 3.58. The molecule has 0 unspecified atom stereocenters. The smallest absolute Gasteiger partial charge is 0.250 e. The molecule has 0 aliphatic carbocycles. The van der Waals surface area contributed by atoms with Gasteiger partial charge in [0.25, 0.3) is 5.91 Å². The van der Waals surface area contributed by atoms with E-state index in [1.807, 2.05) is 0 Å². The second kappa shape index (κ2) is 5.24. The van der Waals surface area contributed by atoms with Gasteiger partial charge < -0.3 is 11.5 Å². The number of carbonyl (C=O) groups is 2. The van der Waals surface area contributed by atoms with E-state index < -0.39 is 5.91 Å². The first-order chi connectivity index (χ1) is 7.50. The lowest BCUT2D eigenvalue weighted by atomic mass is 10.1. The monoisotopic (exact) mass is 234 g/mol. The lowest BCUT2D eigenvalue weighted by molar-refractivity contribution is -0.109. The number of rotatable bonds is 2. The van der Waals surface area contributed by atoms with E-state index in [1.165, 1.54) is 12.1 Å². The molecule has 4 N–H and O–H groups in total. The Morgan fingerprint density at radius 3 is 2.56 bits per heavy atom.